The van der Waals surface area contributed by atoms with E-state index in [1.165, 1.54) is 0 Å². The summed E-state index contributed by atoms with van der Waals surface area (Å²) >= 11 is 1.62. The standard InChI is InChI=1S/C20H29N5O2S2.HI/c1-16-23-18(15-28-16)14-24(3)20(21-2)22-13-17-9-5-6-10-19(17)29(26,27)25-11-7-4-8-12-25;/h5-6,9-10,15H,4,7-8,11-14H2,1-3H3,(H,21,22);1H. The SMILES string of the molecule is CN=C(NCc1ccccc1S(=O)(=O)N1CCCCC1)N(C)Cc1csc(C)n1.I. The lowest BCUT2D eigenvalue weighted by atomic mass is 10.2. The van der Waals surface area contributed by atoms with E-state index in [2.05, 4.69) is 15.3 Å². The molecule has 7 nitrogen and oxygen atoms in total. The molecule has 1 N–H and O–H groups in total. The van der Waals surface area contributed by atoms with Gasteiger partial charge in [0.1, 0.15) is 0 Å². The lowest BCUT2D eigenvalue weighted by Crippen LogP contribution is -2.39. The lowest BCUT2D eigenvalue weighted by Gasteiger charge is -2.27. The van der Waals surface area contributed by atoms with E-state index in [0.717, 1.165) is 35.5 Å². The number of rotatable bonds is 6. The summed E-state index contributed by atoms with van der Waals surface area (Å²) in [7, 11) is 0.186. The van der Waals surface area contributed by atoms with Crippen LogP contribution < -0.4 is 5.32 Å². The molecule has 0 unspecified atom stereocenters. The largest absolute Gasteiger partial charge is 0.352 e. The van der Waals surface area contributed by atoms with E-state index in [-0.39, 0.29) is 24.0 Å². The quantitative estimate of drug-likeness (QED) is 0.331. The van der Waals surface area contributed by atoms with Crippen molar-refractivity contribution >= 4 is 51.3 Å². The third kappa shape index (κ3) is 6.14. The number of guanidine groups is 1. The van der Waals surface area contributed by atoms with Crippen molar-refractivity contribution < 1.29 is 8.42 Å². The number of sulfonamides is 1. The monoisotopic (exact) mass is 563 g/mol. The Bertz CT molecular complexity index is 956. The van der Waals surface area contributed by atoms with Gasteiger partial charge in [-0.3, -0.25) is 4.99 Å². The van der Waals surface area contributed by atoms with E-state index in [9.17, 15) is 8.42 Å². The smallest absolute Gasteiger partial charge is 0.243 e. The van der Waals surface area contributed by atoms with Crippen molar-refractivity contribution in [2.24, 2.45) is 4.99 Å². The van der Waals surface area contributed by atoms with Gasteiger partial charge in [0.15, 0.2) is 5.96 Å². The molecule has 1 saturated heterocycles. The van der Waals surface area contributed by atoms with Gasteiger partial charge in [0.25, 0.3) is 0 Å². The minimum absolute atomic E-state index is 0. The summed E-state index contributed by atoms with van der Waals surface area (Å²) in [6, 6.07) is 7.22. The van der Waals surface area contributed by atoms with Crippen molar-refractivity contribution in [1.29, 1.82) is 0 Å². The minimum Gasteiger partial charge on any atom is -0.352 e. The van der Waals surface area contributed by atoms with Crippen LogP contribution in [0, 0.1) is 6.92 Å². The zero-order valence-electron chi connectivity index (χ0n) is 17.7. The molecular weight excluding hydrogens is 533 g/mol. The van der Waals surface area contributed by atoms with Crippen LogP contribution in [0.2, 0.25) is 0 Å². The summed E-state index contributed by atoms with van der Waals surface area (Å²) in [6.45, 7) is 4.21. The third-order valence-corrected chi connectivity index (χ3v) is 7.80. The maximum absolute atomic E-state index is 13.2. The van der Waals surface area contributed by atoms with Crippen molar-refractivity contribution in [3.8, 4) is 0 Å². The Kier molecular flexibility index (Phi) is 9.51. The first kappa shape index (κ1) is 25.0. The molecule has 0 spiro atoms. The van der Waals surface area contributed by atoms with E-state index in [1.807, 2.05) is 36.4 Å². The maximum Gasteiger partial charge on any atom is 0.243 e. The first-order valence-electron chi connectivity index (χ1n) is 9.82. The highest BCUT2D eigenvalue weighted by Crippen LogP contribution is 2.23. The Morgan fingerprint density at radius 2 is 1.97 bits per heavy atom. The number of thiazole rings is 1. The number of hydrogen-bond acceptors (Lipinski definition) is 5. The van der Waals surface area contributed by atoms with Gasteiger partial charge in [-0.2, -0.15) is 4.31 Å². The maximum atomic E-state index is 13.2. The molecule has 1 aromatic carbocycles. The van der Waals surface area contributed by atoms with E-state index < -0.39 is 10.0 Å². The number of piperidine rings is 1. The van der Waals surface area contributed by atoms with Gasteiger partial charge in [0.05, 0.1) is 22.1 Å². The molecule has 0 saturated carbocycles. The molecule has 1 fully saturated rings. The third-order valence-electron chi connectivity index (χ3n) is 4.98. The van der Waals surface area contributed by atoms with E-state index in [1.54, 1.807) is 34.8 Å². The minimum atomic E-state index is -3.48. The predicted octanol–water partition coefficient (Wildman–Crippen LogP) is 3.45. The molecule has 2 heterocycles. The molecule has 30 heavy (non-hydrogen) atoms. The van der Waals surface area contributed by atoms with Crippen LogP contribution in [0.15, 0.2) is 39.5 Å². The van der Waals surface area contributed by atoms with Gasteiger partial charge in [-0.05, 0) is 31.4 Å². The van der Waals surface area contributed by atoms with Crippen molar-refractivity contribution in [2.45, 2.75) is 44.2 Å². The highest BCUT2D eigenvalue weighted by molar-refractivity contribution is 14.0. The van der Waals surface area contributed by atoms with Crippen molar-refractivity contribution in [3.05, 3.63) is 45.9 Å². The molecular formula is C20H30IN5O2S2. The van der Waals surface area contributed by atoms with Gasteiger partial charge >= 0.3 is 0 Å². The van der Waals surface area contributed by atoms with Crippen LogP contribution in [0.3, 0.4) is 0 Å². The van der Waals surface area contributed by atoms with Crippen molar-refractivity contribution in [3.63, 3.8) is 0 Å². The molecule has 3 rings (SSSR count). The van der Waals surface area contributed by atoms with Crippen molar-refractivity contribution in [1.82, 2.24) is 19.5 Å². The average Bonchev–Trinajstić information content (AvgIpc) is 3.14. The van der Waals surface area contributed by atoms with Gasteiger partial charge in [-0.25, -0.2) is 13.4 Å². The zero-order chi connectivity index (χ0) is 20.9. The van der Waals surface area contributed by atoms with Crippen LogP contribution in [0.1, 0.15) is 35.5 Å². The topological polar surface area (TPSA) is 77.9 Å². The highest BCUT2D eigenvalue weighted by atomic mass is 127. The summed E-state index contributed by atoms with van der Waals surface area (Å²) in [4.78, 5) is 11.2. The molecule has 1 aliphatic heterocycles. The Morgan fingerprint density at radius 3 is 2.60 bits per heavy atom. The highest BCUT2D eigenvalue weighted by Gasteiger charge is 2.27. The molecule has 0 aliphatic carbocycles. The summed E-state index contributed by atoms with van der Waals surface area (Å²) < 4.78 is 27.9. The second kappa shape index (κ2) is 11.4. The van der Waals surface area contributed by atoms with Gasteiger partial charge < -0.3 is 10.2 Å². The van der Waals surface area contributed by atoms with Crippen LogP contribution in [0.25, 0.3) is 0 Å². The second-order valence-corrected chi connectivity index (χ2v) is 10.2. The number of nitrogens with zero attached hydrogens (tertiary/aromatic N) is 4. The normalized spacial score (nSPS) is 15.5. The summed E-state index contributed by atoms with van der Waals surface area (Å²) in [6.07, 6.45) is 2.94. The van der Waals surface area contributed by atoms with Gasteiger partial charge in [0, 0.05) is 39.1 Å². The molecule has 2 aromatic rings. The molecule has 166 valence electrons. The van der Waals surface area contributed by atoms with Crippen LogP contribution in [-0.4, -0.2) is 55.8 Å². The zero-order valence-corrected chi connectivity index (χ0v) is 21.6. The number of aromatic nitrogens is 1. The Hall–Kier alpha value is -1.24. The number of hydrogen-bond donors (Lipinski definition) is 1. The molecule has 0 amide bonds. The number of nitrogens with one attached hydrogen (secondary N) is 1. The number of aryl methyl sites for hydroxylation is 1. The summed E-state index contributed by atoms with van der Waals surface area (Å²) in [5.74, 6) is 0.695. The van der Waals surface area contributed by atoms with E-state index in [0.29, 0.717) is 37.0 Å². The number of benzene rings is 1. The van der Waals surface area contributed by atoms with Gasteiger partial charge in [-0.1, -0.05) is 24.6 Å². The molecule has 0 atom stereocenters. The number of halogens is 1. The lowest BCUT2D eigenvalue weighted by molar-refractivity contribution is 0.346. The molecule has 10 heteroatoms. The molecule has 0 bridgehead atoms. The fraction of sp³-hybridized carbons (Fsp3) is 0.500. The molecule has 1 aliphatic rings. The fourth-order valence-corrected chi connectivity index (χ4v) is 5.85. The summed E-state index contributed by atoms with van der Waals surface area (Å²) in [5, 5.41) is 6.37. The van der Waals surface area contributed by atoms with Crippen LogP contribution in [-0.2, 0) is 23.1 Å². The average molecular weight is 564 g/mol. The van der Waals surface area contributed by atoms with E-state index >= 15 is 0 Å². The van der Waals surface area contributed by atoms with E-state index in [4.69, 9.17) is 0 Å². The second-order valence-electron chi connectivity index (χ2n) is 7.19. The first-order chi connectivity index (χ1) is 13.9. The van der Waals surface area contributed by atoms with Crippen LogP contribution in [0.5, 0.6) is 0 Å². The van der Waals surface area contributed by atoms with Gasteiger partial charge in [-0.15, -0.1) is 35.3 Å². The Morgan fingerprint density at radius 1 is 1.27 bits per heavy atom. The molecule has 1 aromatic heterocycles. The van der Waals surface area contributed by atoms with Crippen molar-refractivity contribution in [2.75, 3.05) is 27.2 Å². The Balaban J connectivity index is 0.00000320. The van der Waals surface area contributed by atoms with Crippen LogP contribution >= 0.6 is 35.3 Å². The van der Waals surface area contributed by atoms with Crippen LogP contribution in [0.4, 0.5) is 0 Å². The fourth-order valence-electron chi connectivity index (χ4n) is 3.50. The predicted molar refractivity (Wildman–Crippen MR) is 133 cm³/mol. The van der Waals surface area contributed by atoms with Gasteiger partial charge in [0.2, 0.25) is 10.0 Å². The summed E-state index contributed by atoms with van der Waals surface area (Å²) in [5.41, 5.74) is 1.74. The molecule has 0 radical (unpaired) electrons. The number of aliphatic imine (C=N–C) groups is 1. The first-order valence-corrected chi connectivity index (χ1v) is 12.1. The Labute approximate surface area is 200 Å².